The number of alkyl halides is 3. The van der Waals surface area contributed by atoms with E-state index in [2.05, 4.69) is 20.9 Å². The highest BCUT2D eigenvalue weighted by atomic mass is 32.2. The van der Waals surface area contributed by atoms with Gasteiger partial charge in [0.2, 0.25) is 11.1 Å². The summed E-state index contributed by atoms with van der Waals surface area (Å²) in [5, 5.41) is 10.5. The summed E-state index contributed by atoms with van der Waals surface area (Å²) in [4.78, 5) is 13.3. The number of thioether (sulfide) groups is 1. The molecule has 0 saturated heterocycles. The number of benzene rings is 2. The number of aromatic nitrogens is 3. The third-order valence-corrected chi connectivity index (χ3v) is 6.42. The molecule has 2 aromatic carbocycles. The van der Waals surface area contributed by atoms with Crippen molar-refractivity contribution in [3.8, 4) is 5.75 Å². The lowest BCUT2D eigenvalue weighted by Crippen LogP contribution is -2.41. The van der Waals surface area contributed by atoms with Crippen LogP contribution in [0.15, 0.2) is 53.7 Å². The van der Waals surface area contributed by atoms with Gasteiger partial charge in [0.1, 0.15) is 11.0 Å². The van der Waals surface area contributed by atoms with Crippen LogP contribution in [-0.4, -0.2) is 33.1 Å². The van der Waals surface area contributed by atoms with Crippen LogP contribution in [0, 0.1) is 0 Å². The number of nitrogens with one attached hydrogen (secondary N) is 2. The predicted octanol–water partition coefficient (Wildman–Crippen LogP) is 4.66. The molecule has 2 heterocycles. The van der Waals surface area contributed by atoms with Gasteiger partial charge in [0.25, 0.3) is 0 Å². The second-order valence-corrected chi connectivity index (χ2v) is 8.54. The lowest BCUT2D eigenvalue weighted by molar-refractivity contribution is -0.137. The number of fused-ring (bicyclic) bond motifs is 1. The maximum absolute atomic E-state index is 13.4. The van der Waals surface area contributed by atoms with Crippen molar-refractivity contribution in [1.29, 1.82) is 0 Å². The van der Waals surface area contributed by atoms with Gasteiger partial charge < -0.3 is 15.5 Å². The van der Waals surface area contributed by atoms with Gasteiger partial charge in [-0.3, -0.25) is 4.79 Å². The van der Waals surface area contributed by atoms with Crippen LogP contribution in [0.2, 0.25) is 0 Å². The van der Waals surface area contributed by atoms with E-state index in [0.29, 0.717) is 17.3 Å². The number of nitrogens with zero attached hydrogens (tertiary/aromatic N) is 3. The lowest BCUT2D eigenvalue weighted by Gasteiger charge is -2.33. The zero-order chi connectivity index (χ0) is 23.6. The van der Waals surface area contributed by atoms with Gasteiger partial charge in [-0.05, 0) is 36.2 Å². The van der Waals surface area contributed by atoms with Crippen LogP contribution in [0.3, 0.4) is 0 Å². The molecule has 2 atom stereocenters. The first kappa shape index (κ1) is 23.0. The Labute approximate surface area is 192 Å². The van der Waals surface area contributed by atoms with Crippen LogP contribution < -0.4 is 15.5 Å². The molecule has 1 aliphatic heterocycles. The summed E-state index contributed by atoms with van der Waals surface area (Å²) in [6.07, 6.45) is -3.05. The highest BCUT2D eigenvalue weighted by Gasteiger charge is 2.39. The van der Waals surface area contributed by atoms with Gasteiger partial charge in [-0.2, -0.15) is 13.2 Å². The summed E-state index contributed by atoms with van der Waals surface area (Å²) in [6, 6.07) is 11.5. The van der Waals surface area contributed by atoms with Crippen molar-refractivity contribution in [2.75, 3.05) is 17.9 Å². The fraction of sp³-hybridized carbons (Fsp3) is 0.318. The summed E-state index contributed by atoms with van der Waals surface area (Å²) < 4.78 is 47.2. The quantitative estimate of drug-likeness (QED) is 0.538. The van der Waals surface area contributed by atoms with Gasteiger partial charge in [-0.25, -0.2) is 4.68 Å². The predicted molar refractivity (Wildman–Crippen MR) is 119 cm³/mol. The van der Waals surface area contributed by atoms with E-state index < -0.39 is 28.9 Å². The Morgan fingerprint density at radius 2 is 1.91 bits per heavy atom. The number of ether oxygens (including phenoxy) is 1. The Bertz CT molecular complexity index is 1130. The number of amides is 1. The molecule has 7 nitrogen and oxygen atoms in total. The molecular formula is C22H22F3N5O2S. The summed E-state index contributed by atoms with van der Waals surface area (Å²) in [5.41, 5.74) is 2.87. The largest absolute Gasteiger partial charge is 0.497 e. The second kappa shape index (κ2) is 9.34. The normalized spacial score (nSPS) is 17.7. The zero-order valence-electron chi connectivity index (χ0n) is 17.9. The topological polar surface area (TPSA) is 81.1 Å². The van der Waals surface area contributed by atoms with Crippen LogP contribution in [0.1, 0.15) is 36.3 Å². The monoisotopic (exact) mass is 477 g/mol. The number of rotatable bonds is 6. The molecule has 11 heteroatoms. The number of carbonyl (C=O) groups is 1. The highest BCUT2D eigenvalue weighted by molar-refractivity contribution is 8.00. The van der Waals surface area contributed by atoms with Crippen LogP contribution in [0.5, 0.6) is 5.75 Å². The molecule has 1 aromatic heterocycles. The molecule has 0 spiro atoms. The average Bonchev–Trinajstić information content (AvgIpc) is 3.20. The molecule has 0 saturated carbocycles. The molecule has 33 heavy (non-hydrogen) atoms. The van der Waals surface area contributed by atoms with Gasteiger partial charge in [0, 0.05) is 6.42 Å². The van der Waals surface area contributed by atoms with E-state index >= 15 is 0 Å². The molecule has 0 unspecified atom stereocenters. The van der Waals surface area contributed by atoms with Crippen molar-refractivity contribution in [2.24, 2.45) is 0 Å². The number of para-hydroxylation sites is 1. The molecule has 174 valence electrons. The molecule has 3 aromatic rings. The Hall–Kier alpha value is -3.21. The standard InChI is InChI=1S/C22H22F3N5O2S/c1-3-6-17-27-28-21-30(17)29-18(13-9-11-14(32-2)12-10-13)19(33-21)20(31)26-16-8-5-4-7-15(16)22(23,24)25/h4-5,7-12,18-19,29H,3,6H2,1-2H3,(H,26,31)/t18-,19-/m0/s1. The lowest BCUT2D eigenvalue weighted by atomic mass is 10.0. The van der Waals surface area contributed by atoms with Gasteiger partial charge in [0.05, 0.1) is 24.4 Å². The number of carbonyl (C=O) groups excluding carboxylic acids is 1. The highest BCUT2D eigenvalue weighted by Crippen LogP contribution is 2.39. The minimum absolute atomic E-state index is 0.289. The maximum atomic E-state index is 13.4. The van der Waals surface area contributed by atoms with E-state index in [1.807, 2.05) is 19.1 Å². The van der Waals surface area contributed by atoms with Crippen LogP contribution in [-0.2, 0) is 17.4 Å². The average molecular weight is 478 g/mol. The van der Waals surface area contributed by atoms with Crippen LogP contribution in [0.4, 0.5) is 18.9 Å². The first-order valence-electron chi connectivity index (χ1n) is 10.3. The first-order chi connectivity index (χ1) is 15.8. The van der Waals surface area contributed by atoms with Gasteiger partial charge in [-0.1, -0.05) is 43.0 Å². The Morgan fingerprint density at radius 3 is 2.58 bits per heavy atom. The summed E-state index contributed by atoms with van der Waals surface area (Å²) >= 11 is 1.16. The Morgan fingerprint density at radius 1 is 1.18 bits per heavy atom. The number of hydrogen-bond donors (Lipinski definition) is 2. The second-order valence-electron chi connectivity index (χ2n) is 7.44. The molecule has 2 N–H and O–H groups in total. The third-order valence-electron chi connectivity index (χ3n) is 5.20. The van der Waals surface area contributed by atoms with Gasteiger partial charge >= 0.3 is 6.18 Å². The molecule has 0 radical (unpaired) electrons. The third kappa shape index (κ3) is 4.77. The molecular weight excluding hydrogens is 455 g/mol. The van der Waals surface area contributed by atoms with Gasteiger partial charge in [-0.15, -0.1) is 10.2 Å². The summed E-state index contributed by atoms with van der Waals surface area (Å²) in [7, 11) is 1.55. The molecule has 4 rings (SSSR count). The van der Waals surface area contributed by atoms with E-state index in [1.54, 1.807) is 23.9 Å². The number of hydrogen-bond acceptors (Lipinski definition) is 6. The van der Waals surface area contributed by atoms with E-state index in [4.69, 9.17) is 4.74 Å². The van der Waals surface area contributed by atoms with Crippen LogP contribution in [0.25, 0.3) is 0 Å². The Balaban J connectivity index is 1.68. The number of anilines is 1. The smallest absolute Gasteiger partial charge is 0.418 e. The fourth-order valence-corrected chi connectivity index (χ4v) is 4.69. The number of aryl methyl sites for hydroxylation is 1. The van der Waals surface area contributed by atoms with E-state index in [0.717, 1.165) is 35.6 Å². The van der Waals surface area contributed by atoms with Crippen LogP contribution >= 0.6 is 11.8 Å². The maximum Gasteiger partial charge on any atom is 0.418 e. The molecule has 1 amide bonds. The molecule has 0 bridgehead atoms. The van der Waals surface area contributed by atoms with Gasteiger partial charge in [0.15, 0.2) is 5.82 Å². The number of halogens is 3. The molecule has 1 aliphatic rings. The van der Waals surface area contributed by atoms with E-state index in [-0.39, 0.29) is 5.69 Å². The number of methoxy groups -OCH3 is 1. The Kier molecular flexibility index (Phi) is 6.50. The van der Waals surface area contributed by atoms with Crippen molar-refractivity contribution in [3.63, 3.8) is 0 Å². The minimum Gasteiger partial charge on any atom is -0.497 e. The SMILES string of the molecule is CCCc1nnc2n1N[C@@H](c1ccc(OC)cc1)[C@@H](C(=O)Nc1ccccc1C(F)(F)F)S2. The van der Waals surface area contributed by atoms with Crippen molar-refractivity contribution in [3.05, 3.63) is 65.5 Å². The van der Waals surface area contributed by atoms with Crippen molar-refractivity contribution in [2.45, 2.75) is 42.4 Å². The zero-order valence-corrected chi connectivity index (χ0v) is 18.7. The summed E-state index contributed by atoms with van der Waals surface area (Å²) in [5.74, 6) is 0.801. The van der Waals surface area contributed by atoms with E-state index in [1.165, 1.54) is 18.2 Å². The van der Waals surface area contributed by atoms with Crippen molar-refractivity contribution < 1.29 is 22.7 Å². The van der Waals surface area contributed by atoms with E-state index in [9.17, 15) is 18.0 Å². The summed E-state index contributed by atoms with van der Waals surface area (Å²) in [6.45, 7) is 2.02. The minimum atomic E-state index is -4.59. The molecule has 0 aliphatic carbocycles. The first-order valence-corrected chi connectivity index (χ1v) is 11.2. The molecule has 0 fully saturated rings. The van der Waals surface area contributed by atoms with Crippen molar-refractivity contribution in [1.82, 2.24) is 14.9 Å². The fourth-order valence-electron chi connectivity index (χ4n) is 3.59. The van der Waals surface area contributed by atoms with Crippen molar-refractivity contribution >= 4 is 23.4 Å².